The number of Topliss-reactive ketones (excluding diaryl/α,β-unsaturated/α-hetero) is 1. The van der Waals surface area contributed by atoms with Crippen molar-refractivity contribution in [1.29, 1.82) is 0 Å². The Hall–Kier alpha value is -3.81. The molecule has 0 aliphatic heterocycles. The van der Waals surface area contributed by atoms with Gasteiger partial charge in [-0.05, 0) is 55.0 Å². The third-order valence-corrected chi connectivity index (χ3v) is 6.06. The molecule has 0 radical (unpaired) electrons. The summed E-state index contributed by atoms with van der Waals surface area (Å²) in [6.45, 7) is 0. The first-order chi connectivity index (χ1) is 17.4. The van der Waals surface area contributed by atoms with Crippen LogP contribution in [0.2, 0.25) is 5.02 Å². The van der Waals surface area contributed by atoms with E-state index in [4.69, 9.17) is 21.1 Å². The number of aromatic nitrogens is 2. The topological polar surface area (TPSA) is 81.5 Å². The Morgan fingerprint density at radius 2 is 1.83 bits per heavy atom. The molecule has 0 bridgehead atoms. The molecule has 1 N–H and O–H groups in total. The number of methoxy groups -OCH3 is 2. The van der Waals surface area contributed by atoms with Gasteiger partial charge < -0.3 is 14.6 Å². The molecule has 0 saturated heterocycles. The molecule has 2 aromatic heterocycles. The van der Waals surface area contributed by atoms with Gasteiger partial charge in [-0.2, -0.15) is 0 Å². The molecule has 0 fully saturated rings. The molecular weight excluding hydrogens is 483 g/mol. The maximum Gasteiger partial charge on any atom is 0.163 e. The van der Waals surface area contributed by atoms with E-state index < -0.39 is 11.9 Å². The Morgan fingerprint density at radius 1 is 1.03 bits per heavy atom. The van der Waals surface area contributed by atoms with Crippen molar-refractivity contribution < 1.29 is 23.8 Å². The van der Waals surface area contributed by atoms with Crippen LogP contribution in [-0.2, 0) is 0 Å². The fourth-order valence-electron chi connectivity index (χ4n) is 3.85. The van der Waals surface area contributed by atoms with Crippen LogP contribution in [0.5, 0.6) is 11.5 Å². The van der Waals surface area contributed by atoms with Crippen LogP contribution in [0, 0.1) is 5.82 Å². The third-order valence-electron chi connectivity index (χ3n) is 5.78. The second-order valence-corrected chi connectivity index (χ2v) is 8.46. The van der Waals surface area contributed by atoms with Crippen molar-refractivity contribution in [2.24, 2.45) is 0 Å². The van der Waals surface area contributed by atoms with Crippen LogP contribution in [0.3, 0.4) is 0 Å². The largest absolute Gasteiger partial charge is 0.496 e. The van der Waals surface area contributed by atoms with Crippen molar-refractivity contribution in [2.45, 2.75) is 18.9 Å². The zero-order valence-corrected chi connectivity index (χ0v) is 20.5. The lowest BCUT2D eigenvalue weighted by Gasteiger charge is -2.15. The van der Waals surface area contributed by atoms with Gasteiger partial charge in [-0.3, -0.25) is 9.78 Å². The lowest BCUT2D eigenvalue weighted by molar-refractivity contribution is 0.0937. The zero-order valence-electron chi connectivity index (χ0n) is 19.7. The SMILES string of the molecule is COc1cc(C(=O)CCC(O)c2ccc(OC)c(-c3ccc(F)c(Cl)c3)n2)ccc1-c1cccnc1. The number of rotatable bonds is 9. The minimum atomic E-state index is -0.994. The van der Waals surface area contributed by atoms with Crippen molar-refractivity contribution in [2.75, 3.05) is 14.2 Å². The van der Waals surface area contributed by atoms with Gasteiger partial charge in [-0.15, -0.1) is 0 Å². The molecule has 4 rings (SSSR count). The predicted molar refractivity (Wildman–Crippen MR) is 136 cm³/mol. The van der Waals surface area contributed by atoms with E-state index >= 15 is 0 Å². The maximum absolute atomic E-state index is 13.6. The van der Waals surface area contributed by atoms with Gasteiger partial charge in [0.25, 0.3) is 0 Å². The van der Waals surface area contributed by atoms with Gasteiger partial charge in [0, 0.05) is 41.1 Å². The molecule has 0 aliphatic rings. The van der Waals surface area contributed by atoms with Gasteiger partial charge in [0.15, 0.2) is 5.78 Å². The average Bonchev–Trinajstić information content (AvgIpc) is 2.92. The first-order valence-corrected chi connectivity index (χ1v) is 11.6. The van der Waals surface area contributed by atoms with Gasteiger partial charge in [-0.1, -0.05) is 23.7 Å². The third kappa shape index (κ3) is 5.53. The van der Waals surface area contributed by atoms with Crippen LogP contribution in [0.1, 0.15) is 35.0 Å². The van der Waals surface area contributed by atoms with Crippen LogP contribution in [0.4, 0.5) is 4.39 Å². The summed E-state index contributed by atoms with van der Waals surface area (Å²) in [7, 11) is 3.04. The number of carbonyl (C=O) groups is 1. The summed E-state index contributed by atoms with van der Waals surface area (Å²) >= 11 is 5.93. The predicted octanol–water partition coefficient (Wildman–Crippen LogP) is 6.32. The van der Waals surface area contributed by atoms with Crippen molar-refractivity contribution in [3.63, 3.8) is 0 Å². The summed E-state index contributed by atoms with van der Waals surface area (Å²) in [4.78, 5) is 21.5. The average molecular weight is 507 g/mol. The maximum atomic E-state index is 13.6. The van der Waals surface area contributed by atoms with Crippen molar-refractivity contribution >= 4 is 17.4 Å². The molecule has 0 amide bonds. The van der Waals surface area contributed by atoms with Crippen molar-refractivity contribution in [1.82, 2.24) is 9.97 Å². The summed E-state index contributed by atoms with van der Waals surface area (Å²) < 4.78 is 24.5. The summed E-state index contributed by atoms with van der Waals surface area (Å²) in [5, 5.41) is 10.7. The highest BCUT2D eigenvalue weighted by atomic mass is 35.5. The molecule has 2 heterocycles. The van der Waals surface area contributed by atoms with Gasteiger partial charge >= 0.3 is 0 Å². The van der Waals surface area contributed by atoms with E-state index in [-0.39, 0.29) is 23.6 Å². The van der Waals surface area contributed by atoms with E-state index in [1.807, 2.05) is 18.2 Å². The Labute approximate surface area is 213 Å². The van der Waals surface area contributed by atoms with Crippen molar-refractivity contribution in [3.05, 3.63) is 95.2 Å². The van der Waals surface area contributed by atoms with E-state index in [1.165, 1.54) is 25.3 Å². The minimum Gasteiger partial charge on any atom is -0.496 e. The van der Waals surface area contributed by atoms with Crippen molar-refractivity contribution in [3.8, 4) is 33.9 Å². The zero-order chi connectivity index (χ0) is 25.7. The summed E-state index contributed by atoms with van der Waals surface area (Å²) in [5.74, 6) is 0.336. The van der Waals surface area contributed by atoms with E-state index in [2.05, 4.69) is 9.97 Å². The number of ketones is 1. The second-order valence-electron chi connectivity index (χ2n) is 8.05. The monoisotopic (exact) mass is 506 g/mol. The number of pyridine rings is 2. The molecule has 1 atom stereocenters. The Morgan fingerprint density at radius 3 is 2.53 bits per heavy atom. The summed E-state index contributed by atoms with van der Waals surface area (Å²) in [6, 6.07) is 16.5. The van der Waals surface area contributed by atoms with Crippen LogP contribution >= 0.6 is 11.6 Å². The number of aliphatic hydroxyl groups is 1. The number of nitrogens with zero attached hydrogens (tertiary/aromatic N) is 2. The quantitative estimate of drug-likeness (QED) is 0.268. The Balaban J connectivity index is 1.50. The number of halogens is 2. The minimum absolute atomic E-state index is 0.0436. The first kappa shape index (κ1) is 25.3. The number of hydrogen-bond acceptors (Lipinski definition) is 6. The highest BCUT2D eigenvalue weighted by Crippen LogP contribution is 2.33. The van der Waals surface area contributed by atoms with E-state index in [9.17, 15) is 14.3 Å². The molecule has 2 aromatic carbocycles. The molecule has 0 spiro atoms. The summed E-state index contributed by atoms with van der Waals surface area (Å²) in [6.07, 6.45) is 2.68. The number of benzene rings is 2. The molecule has 184 valence electrons. The highest BCUT2D eigenvalue weighted by Gasteiger charge is 2.18. The van der Waals surface area contributed by atoms with E-state index in [0.29, 0.717) is 34.0 Å². The standard InChI is InChI=1S/C28H24ClFN2O4/c1-35-26-12-9-23(32-28(26)18-6-8-22(30)21(29)14-18)25(34)11-10-24(33)17-5-7-20(27(15-17)36-2)19-4-3-13-31-16-19/h3-9,12-16,25,34H,10-11H2,1-2H3. The van der Waals surface area contributed by atoms with E-state index in [0.717, 1.165) is 11.1 Å². The highest BCUT2D eigenvalue weighted by molar-refractivity contribution is 6.31. The van der Waals surface area contributed by atoms with Crippen LogP contribution < -0.4 is 9.47 Å². The Kier molecular flexibility index (Phi) is 7.93. The van der Waals surface area contributed by atoms with Gasteiger partial charge in [-0.25, -0.2) is 9.37 Å². The van der Waals surface area contributed by atoms with Crippen LogP contribution in [0.25, 0.3) is 22.4 Å². The second kappa shape index (κ2) is 11.3. The first-order valence-electron chi connectivity index (χ1n) is 11.2. The molecule has 1 unspecified atom stereocenters. The fourth-order valence-corrected chi connectivity index (χ4v) is 4.03. The smallest absolute Gasteiger partial charge is 0.163 e. The number of carbonyl (C=O) groups excluding carboxylic acids is 1. The Bertz CT molecular complexity index is 1380. The van der Waals surface area contributed by atoms with Gasteiger partial charge in [0.05, 0.1) is 31.0 Å². The number of ether oxygens (including phenoxy) is 2. The van der Waals surface area contributed by atoms with E-state index in [1.54, 1.807) is 43.8 Å². The molecule has 36 heavy (non-hydrogen) atoms. The van der Waals surface area contributed by atoms with Crippen LogP contribution in [0.15, 0.2) is 73.1 Å². The fraction of sp³-hybridized carbons (Fsp3) is 0.179. The summed E-state index contributed by atoms with van der Waals surface area (Å²) in [5.41, 5.74) is 3.52. The normalized spacial score (nSPS) is 11.7. The lowest BCUT2D eigenvalue weighted by atomic mass is 9.99. The molecule has 0 aliphatic carbocycles. The van der Waals surface area contributed by atoms with Gasteiger partial charge in [0.2, 0.25) is 0 Å². The lowest BCUT2D eigenvalue weighted by Crippen LogP contribution is -2.07. The number of hydrogen-bond donors (Lipinski definition) is 1. The molecule has 6 nitrogen and oxygen atoms in total. The molecule has 8 heteroatoms. The molecule has 4 aromatic rings. The van der Waals surface area contributed by atoms with Crippen LogP contribution in [-0.4, -0.2) is 35.1 Å². The van der Waals surface area contributed by atoms with Gasteiger partial charge in [0.1, 0.15) is 23.0 Å². The molecule has 0 saturated carbocycles. The molecular formula is C28H24ClFN2O4. The number of aliphatic hydroxyl groups excluding tert-OH is 1.